The van der Waals surface area contributed by atoms with E-state index in [0.29, 0.717) is 5.41 Å². The Morgan fingerprint density at radius 2 is 1.91 bits per heavy atom. The molecule has 1 saturated heterocycles. The van der Waals surface area contributed by atoms with Crippen molar-refractivity contribution in [2.45, 2.75) is 50.9 Å². The number of carbonyl (C=O) groups excluding carboxylic acids is 1. The van der Waals surface area contributed by atoms with Crippen molar-refractivity contribution in [1.29, 1.82) is 0 Å². The van der Waals surface area contributed by atoms with Gasteiger partial charge in [-0.05, 0) is 72.3 Å². The first kappa shape index (κ1) is 22.2. The summed E-state index contributed by atoms with van der Waals surface area (Å²) in [6.45, 7) is 1.68. The van der Waals surface area contributed by atoms with E-state index in [1.807, 2.05) is 30.3 Å². The molecule has 33 heavy (non-hydrogen) atoms. The fourth-order valence-corrected chi connectivity index (χ4v) is 5.42. The summed E-state index contributed by atoms with van der Waals surface area (Å²) in [5.74, 6) is -1.04. The second-order valence-electron chi connectivity index (χ2n) is 9.62. The number of nitrogens with one attached hydrogen (secondary N) is 1. The van der Waals surface area contributed by atoms with E-state index in [2.05, 4.69) is 17.4 Å². The Bertz CT molecular complexity index is 1130. The zero-order valence-electron chi connectivity index (χ0n) is 18.8. The van der Waals surface area contributed by atoms with E-state index < -0.39 is 13.1 Å². The van der Waals surface area contributed by atoms with Gasteiger partial charge in [0.1, 0.15) is 5.58 Å². The third-order valence-electron chi connectivity index (χ3n) is 7.39. The fraction of sp³-hybridized carbons (Fsp3) is 0.423. The normalized spacial score (nSPS) is 18.1. The molecule has 1 atom stereocenters. The van der Waals surface area contributed by atoms with Crippen LogP contribution in [0.15, 0.2) is 53.1 Å². The van der Waals surface area contributed by atoms with Crippen LogP contribution >= 0.6 is 0 Å². The molecule has 1 spiro atoms. The highest BCUT2D eigenvalue weighted by Crippen LogP contribution is 2.43. The van der Waals surface area contributed by atoms with Gasteiger partial charge in [-0.2, -0.15) is 0 Å². The van der Waals surface area contributed by atoms with Gasteiger partial charge in [0.25, 0.3) is 0 Å². The molecule has 7 heteroatoms. The van der Waals surface area contributed by atoms with Gasteiger partial charge in [-0.15, -0.1) is 0 Å². The smallest absolute Gasteiger partial charge is 0.464 e. The average molecular weight is 447 g/mol. The molecule has 2 aromatic carbocycles. The lowest BCUT2D eigenvalue weighted by Gasteiger charge is -2.41. The highest BCUT2D eigenvalue weighted by atomic mass is 16.5. The van der Waals surface area contributed by atoms with Crippen LogP contribution in [0.3, 0.4) is 0 Å². The van der Waals surface area contributed by atoms with Crippen molar-refractivity contribution in [1.82, 2.24) is 5.32 Å². The van der Waals surface area contributed by atoms with Gasteiger partial charge in [0, 0.05) is 18.6 Å². The van der Waals surface area contributed by atoms with Gasteiger partial charge in [-0.3, -0.25) is 4.79 Å². The fourth-order valence-electron chi connectivity index (χ4n) is 5.42. The maximum Gasteiger partial charge on any atom is 0.475 e. The number of fused-ring (bicyclic) bond motifs is 2. The van der Waals surface area contributed by atoms with Crippen molar-refractivity contribution < 1.29 is 24.0 Å². The van der Waals surface area contributed by atoms with E-state index in [4.69, 9.17) is 9.15 Å². The highest BCUT2D eigenvalue weighted by Gasteiger charge is 2.36. The van der Waals surface area contributed by atoms with Crippen molar-refractivity contribution in [2.24, 2.45) is 5.41 Å². The molecule has 1 amide bonds. The van der Waals surface area contributed by atoms with Crippen LogP contribution in [0.25, 0.3) is 11.0 Å². The van der Waals surface area contributed by atoms with Crippen LogP contribution in [-0.4, -0.2) is 42.2 Å². The van der Waals surface area contributed by atoms with E-state index in [0.717, 1.165) is 61.0 Å². The highest BCUT2D eigenvalue weighted by molar-refractivity contribution is 6.43. The number of para-hydroxylation sites is 1. The summed E-state index contributed by atoms with van der Waals surface area (Å²) in [5, 5.41) is 23.5. The minimum absolute atomic E-state index is 0.207. The minimum Gasteiger partial charge on any atom is -0.464 e. The predicted octanol–water partition coefficient (Wildman–Crippen LogP) is 3.00. The number of hydrogen-bond acceptors (Lipinski definition) is 5. The molecule has 2 heterocycles. The molecule has 0 unspecified atom stereocenters. The van der Waals surface area contributed by atoms with Crippen LogP contribution in [0.5, 0.6) is 0 Å². The van der Waals surface area contributed by atoms with Gasteiger partial charge in [-0.25, -0.2) is 0 Å². The Balaban J connectivity index is 1.25. The molecule has 1 aliphatic heterocycles. The third-order valence-corrected chi connectivity index (χ3v) is 7.39. The third kappa shape index (κ3) is 4.86. The lowest BCUT2D eigenvalue weighted by molar-refractivity contribution is -0.120. The van der Waals surface area contributed by atoms with E-state index in [-0.39, 0.29) is 18.7 Å². The lowest BCUT2D eigenvalue weighted by Crippen LogP contribution is -2.48. The van der Waals surface area contributed by atoms with E-state index in [1.54, 1.807) is 6.26 Å². The molecule has 3 aromatic rings. The van der Waals surface area contributed by atoms with Crippen LogP contribution in [0.1, 0.15) is 41.5 Å². The average Bonchev–Trinajstić information content (AvgIpc) is 3.22. The summed E-state index contributed by atoms with van der Waals surface area (Å²) in [6, 6.07) is 13.9. The van der Waals surface area contributed by atoms with Crippen molar-refractivity contribution in [3.8, 4) is 0 Å². The number of furan rings is 1. The molecule has 0 bridgehead atoms. The number of carbonyl (C=O) groups is 1. The van der Waals surface area contributed by atoms with Crippen molar-refractivity contribution >= 4 is 24.0 Å². The molecule has 5 rings (SSSR count). The SMILES string of the molecule is O=C(Cc1ccc2c(c1)CC1(CCOCC1)CC2)N[C@@H](Cc1coc2ccccc12)B(O)O. The summed E-state index contributed by atoms with van der Waals surface area (Å²) in [7, 11) is -1.67. The quantitative estimate of drug-likeness (QED) is 0.506. The number of amides is 1. The summed E-state index contributed by atoms with van der Waals surface area (Å²) in [4.78, 5) is 12.8. The lowest BCUT2D eigenvalue weighted by atomic mass is 9.67. The van der Waals surface area contributed by atoms with Crippen molar-refractivity contribution in [3.63, 3.8) is 0 Å². The standard InChI is InChI=1S/C26H30BNO5/c29-25(28-24(27(30)31)15-21-17-33-23-4-2-1-3-22(21)23)14-18-5-6-19-7-8-26(16-20(19)13-18)9-11-32-12-10-26/h1-6,13,17,24,30-31H,7-12,14-16H2,(H,28,29)/t24-/m0/s1. The van der Waals surface area contributed by atoms with Crippen LogP contribution in [0, 0.1) is 5.41 Å². The number of ether oxygens (including phenoxy) is 1. The Kier molecular flexibility index (Phi) is 6.28. The van der Waals surface area contributed by atoms with Gasteiger partial charge >= 0.3 is 7.12 Å². The van der Waals surface area contributed by atoms with Gasteiger partial charge in [0.05, 0.1) is 18.6 Å². The van der Waals surface area contributed by atoms with Gasteiger partial charge in [0.2, 0.25) is 5.91 Å². The van der Waals surface area contributed by atoms with Crippen LogP contribution in [0.2, 0.25) is 0 Å². The van der Waals surface area contributed by atoms with Crippen LogP contribution in [0.4, 0.5) is 0 Å². The molecule has 6 nitrogen and oxygen atoms in total. The molecule has 2 aliphatic rings. The minimum atomic E-state index is -1.67. The number of benzene rings is 2. The summed E-state index contributed by atoms with van der Waals surface area (Å²) in [6.07, 6.45) is 7.65. The van der Waals surface area contributed by atoms with Crippen molar-refractivity contribution in [3.05, 3.63) is 71.0 Å². The monoisotopic (exact) mass is 447 g/mol. The Hall–Kier alpha value is -2.61. The van der Waals surface area contributed by atoms with E-state index >= 15 is 0 Å². The summed E-state index contributed by atoms with van der Waals surface area (Å²) < 4.78 is 11.1. The van der Waals surface area contributed by atoms with E-state index in [9.17, 15) is 14.8 Å². The maximum atomic E-state index is 12.8. The predicted molar refractivity (Wildman–Crippen MR) is 127 cm³/mol. The summed E-state index contributed by atoms with van der Waals surface area (Å²) >= 11 is 0. The topological polar surface area (TPSA) is 91.9 Å². The Morgan fingerprint density at radius 3 is 2.73 bits per heavy atom. The van der Waals surface area contributed by atoms with Gasteiger partial charge < -0.3 is 24.5 Å². The molecular formula is C26H30BNO5. The number of hydrogen-bond donors (Lipinski definition) is 3. The second kappa shape index (κ2) is 9.33. The van der Waals surface area contributed by atoms with Gasteiger partial charge in [0.15, 0.2) is 0 Å². The van der Waals surface area contributed by atoms with Gasteiger partial charge in [-0.1, -0.05) is 36.4 Å². The largest absolute Gasteiger partial charge is 0.475 e. The molecule has 172 valence electrons. The zero-order chi connectivity index (χ0) is 22.8. The van der Waals surface area contributed by atoms with Crippen LogP contribution in [-0.2, 0) is 35.2 Å². The molecule has 1 aliphatic carbocycles. The Labute approximate surface area is 194 Å². The maximum absolute atomic E-state index is 12.8. The van der Waals surface area contributed by atoms with Crippen LogP contribution < -0.4 is 5.32 Å². The molecule has 0 saturated carbocycles. The number of aryl methyl sites for hydroxylation is 1. The molecule has 1 aromatic heterocycles. The van der Waals surface area contributed by atoms with Crippen molar-refractivity contribution in [2.75, 3.05) is 13.2 Å². The molecular weight excluding hydrogens is 417 g/mol. The molecule has 1 fully saturated rings. The number of rotatable bonds is 6. The first-order chi connectivity index (χ1) is 16.0. The first-order valence-electron chi connectivity index (χ1n) is 11.8. The first-order valence-corrected chi connectivity index (χ1v) is 11.8. The Morgan fingerprint density at radius 1 is 1.09 bits per heavy atom. The zero-order valence-corrected chi connectivity index (χ0v) is 18.8. The summed E-state index contributed by atoms with van der Waals surface area (Å²) in [5.41, 5.74) is 5.59. The molecule has 0 radical (unpaired) electrons. The molecule has 3 N–H and O–H groups in total. The van der Waals surface area contributed by atoms with E-state index in [1.165, 1.54) is 17.5 Å². The second-order valence-corrected chi connectivity index (χ2v) is 9.62.